The summed E-state index contributed by atoms with van der Waals surface area (Å²) in [4.78, 5) is 0. The quantitative estimate of drug-likeness (QED) is 0.569. The number of nitrogen functional groups attached to an aromatic ring is 1. The van der Waals surface area contributed by atoms with E-state index in [1.165, 1.54) is 0 Å². The van der Waals surface area contributed by atoms with Crippen molar-refractivity contribution in [2.45, 2.75) is 6.18 Å². The molecule has 0 aliphatic heterocycles. The van der Waals surface area contributed by atoms with E-state index in [1.54, 1.807) is 0 Å². The summed E-state index contributed by atoms with van der Waals surface area (Å²) in [7, 11) is 1.12. The highest BCUT2D eigenvalue weighted by Crippen LogP contribution is 2.38. The molecule has 0 atom stereocenters. The highest BCUT2D eigenvalue weighted by Gasteiger charge is 2.34. The molecule has 0 bridgehead atoms. The first-order valence-electron chi connectivity index (χ1n) is 3.56. The third-order valence-corrected chi connectivity index (χ3v) is 1.63. The van der Waals surface area contributed by atoms with Crippen LogP contribution in [0.15, 0.2) is 12.1 Å². The normalized spacial score (nSPS) is 11.5. The molecule has 1 aromatic rings. The summed E-state index contributed by atoms with van der Waals surface area (Å²) in [6, 6.07) is 1.13. The van der Waals surface area contributed by atoms with Crippen molar-refractivity contribution in [2.75, 3.05) is 12.8 Å². The molecule has 2 N–H and O–H groups in total. The van der Waals surface area contributed by atoms with E-state index in [0.29, 0.717) is 6.07 Å². The molecule has 78 valence electrons. The summed E-state index contributed by atoms with van der Waals surface area (Å²) < 4.78 is 53.9. The average molecular weight is 209 g/mol. The van der Waals surface area contributed by atoms with Crippen molar-refractivity contribution in [2.24, 2.45) is 0 Å². The van der Waals surface area contributed by atoms with Crippen molar-refractivity contribution in [1.82, 2.24) is 0 Å². The molecule has 0 aliphatic carbocycles. The van der Waals surface area contributed by atoms with Crippen molar-refractivity contribution in [3.63, 3.8) is 0 Å². The molecule has 14 heavy (non-hydrogen) atoms. The minimum absolute atomic E-state index is 0.322. The van der Waals surface area contributed by atoms with Crippen LogP contribution in [0.2, 0.25) is 0 Å². The first kappa shape index (κ1) is 10.6. The van der Waals surface area contributed by atoms with E-state index in [0.717, 1.165) is 13.2 Å². The van der Waals surface area contributed by atoms with Gasteiger partial charge in [-0.1, -0.05) is 0 Å². The monoisotopic (exact) mass is 209 g/mol. The number of benzene rings is 1. The summed E-state index contributed by atoms with van der Waals surface area (Å²) in [6.07, 6.45) is -4.68. The van der Waals surface area contributed by atoms with Gasteiger partial charge in [-0.25, -0.2) is 4.39 Å². The molecule has 0 radical (unpaired) electrons. The minimum Gasteiger partial charge on any atom is -0.494 e. The van der Waals surface area contributed by atoms with Gasteiger partial charge in [-0.3, -0.25) is 0 Å². The number of nitrogens with two attached hydrogens (primary N) is 1. The molecule has 0 saturated carbocycles. The average Bonchev–Trinajstić information content (AvgIpc) is 2.06. The van der Waals surface area contributed by atoms with Crippen molar-refractivity contribution >= 4 is 5.69 Å². The second kappa shape index (κ2) is 3.36. The van der Waals surface area contributed by atoms with E-state index in [2.05, 4.69) is 4.74 Å². The van der Waals surface area contributed by atoms with Crippen LogP contribution in [-0.2, 0) is 6.18 Å². The van der Waals surface area contributed by atoms with Gasteiger partial charge < -0.3 is 10.5 Å². The van der Waals surface area contributed by atoms with Crippen LogP contribution < -0.4 is 10.5 Å². The number of ether oxygens (including phenoxy) is 1. The SMILES string of the molecule is COc1cc(F)cc(C(F)(F)F)c1N. The number of methoxy groups -OCH3 is 1. The lowest BCUT2D eigenvalue weighted by Crippen LogP contribution is -2.10. The molecule has 0 fully saturated rings. The number of rotatable bonds is 1. The number of alkyl halides is 3. The molecule has 0 amide bonds. The predicted octanol–water partition coefficient (Wildman–Crippen LogP) is 2.44. The highest BCUT2D eigenvalue weighted by atomic mass is 19.4. The molecule has 6 heteroatoms. The molecule has 0 aromatic heterocycles. The van der Waals surface area contributed by atoms with Gasteiger partial charge >= 0.3 is 6.18 Å². The summed E-state index contributed by atoms with van der Waals surface area (Å²) >= 11 is 0. The standard InChI is InChI=1S/C8H7F4NO/c1-14-6-3-4(9)2-5(7(6)13)8(10,11)12/h2-3H,13H2,1H3. The van der Waals surface area contributed by atoms with Crippen LogP contribution in [0.3, 0.4) is 0 Å². The number of halogens is 4. The van der Waals surface area contributed by atoms with Crippen molar-refractivity contribution in [3.05, 3.63) is 23.5 Å². The molecule has 0 heterocycles. The maximum Gasteiger partial charge on any atom is 0.418 e. The van der Waals surface area contributed by atoms with E-state index in [1.807, 2.05) is 0 Å². The Morgan fingerprint density at radius 1 is 1.29 bits per heavy atom. The summed E-state index contributed by atoms with van der Waals surface area (Å²) in [5.74, 6) is -1.36. The molecule has 1 aromatic carbocycles. The largest absolute Gasteiger partial charge is 0.494 e. The van der Waals surface area contributed by atoms with Crippen LogP contribution in [0.5, 0.6) is 5.75 Å². The van der Waals surface area contributed by atoms with Gasteiger partial charge in [-0.15, -0.1) is 0 Å². The number of anilines is 1. The van der Waals surface area contributed by atoms with E-state index in [4.69, 9.17) is 5.73 Å². The van der Waals surface area contributed by atoms with Gasteiger partial charge in [0.25, 0.3) is 0 Å². The Kier molecular flexibility index (Phi) is 2.55. The second-order valence-electron chi connectivity index (χ2n) is 2.57. The zero-order chi connectivity index (χ0) is 10.9. The Balaban J connectivity index is 3.37. The summed E-state index contributed by atoms with van der Waals surface area (Å²) in [6.45, 7) is 0. The van der Waals surface area contributed by atoms with Gasteiger partial charge in [0.15, 0.2) is 0 Å². The van der Waals surface area contributed by atoms with Gasteiger partial charge in [-0.2, -0.15) is 13.2 Å². The van der Waals surface area contributed by atoms with Crippen LogP contribution in [-0.4, -0.2) is 7.11 Å². The van der Waals surface area contributed by atoms with Gasteiger partial charge in [-0.05, 0) is 6.07 Å². The lowest BCUT2D eigenvalue weighted by molar-refractivity contribution is -0.137. The van der Waals surface area contributed by atoms with Crippen molar-refractivity contribution < 1.29 is 22.3 Å². The van der Waals surface area contributed by atoms with Gasteiger partial charge in [0.05, 0.1) is 18.4 Å². The molecule has 0 saturated heterocycles. The number of hydrogen-bond donors (Lipinski definition) is 1. The van der Waals surface area contributed by atoms with Crippen LogP contribution in [0, 0.1) is 5.82 Å². The van der Waals surface area contributed by atoms with E-state index in [9.17, 15) is 17.6 Å². The Bertz CT molecular complexity index is 348. The fourth-order valence-electron chi connectivity index (χ4n) is 0.996. The molecular formula is C8H7F4NO. The Hall–Kier alpha value is -1.46. The maximum absolute atomic E-state index is 12.7. The lowest BCUT2D eigenvalue weighted by atomic mass is 10.1. The van der Waals surface area contributed by atoms with Gasteiger partial charge in [0, 0.05) is 6.07 Å². The van der Waals surface area contributed by atoms with Gasteiger partial charge in [0.1, 0.15) is 11.6 Å². The van der Waals surface area contributed by atoms with Crippen LogP contribution >= 0.6 is 0 Å². The first-order chi connectivity index (χ1) is 6.36. The molecule has 0 unspecified atom stereocenters. The molecule has 2 nitrogen and oxygen atoms in total. The Labute approximate surface area is 77.3 Å². The Morgan fingerprint density at radius 2 is 1.86 bits per heavy atom. The minimum atomic E-state index is -4.68. The first-order valence-corrected chi connectivity index (χ1v) is 3.56. The Morgan fingerprint density at radius 3 is 2.29 bits per heavy atom. The van der Waals surface area contributed by atoms with Crippen molar-refractivity contribution in [3.8, 4) is 5.75 Å². The summed E-state index contributed by atoms with van der Waals surface area (Å²) in [5.41, 5.74) is 3.30. The van der Waals surface area contributed by atoms with E-state index < -0.39 is 23.2 Å². The highest BCUT2D eigenvalue weighted by molar-refractivity contribution is 5.59. The zero-order valence-corrected chi connectivity index (χ0v) is 7.15. The summed E-state index contributed by atoms with van der Waals surface area (Å²) in [5, 5.41) is 0. The van der Waals surface area contributed by atoms with Gasteiger partial charge in [0.2, 0.25) is 0 Å². The predicted molar refractivity (Wildman–Crippen MR) is 42.4 cm³/mol. The zero-order valence-electron chi connectivity index (χ0n) is 7.15. The van der Waals surface area contributed by atoms with E-state index in [-0.39, 0.29) is 5.75 Å². The molecule has 1 rings (SSSR count). The molecular weight excluding hydrogens is 202 g/mol. The molecule has 0 spiro atoms. The third kappa shape index (κ3) is 1.89. The van der Waals surface area contributed by atoms with Crippen LogP contribution in [0.4, 0.5) is 23.2 Å². The van der Waals surface area contributed by atoms with Crippen molar-refractivity contribution in [1.29, 1.82) is 0 Å². The third-order valence-electron chi connectivity index (χ3n) is 1.63. The van der Waals surface area contributed by atoms with Crippen LogP contribution in [0.1, 0.15) is 5.56 Å². The maximum atomic E-state index is 12.7. The fourth-order valence-corrected chi connectivity index (χ4v) is 0.996. The smallest absolute Gasteiger partial charge is 0.418 e. The van der Waals surface area contributed by atoms with Crippen LogP contribution in [0.25, 0.3) is 0 Å². The topological polar surface area (TPSA) is 35.2 Å². The second-order valence-corrected chi connectivity index (χ2v) is 2.57. The molecule has 0 aliphatic rings. The lowest BCUT2D eigenvalue weighted by Gasteiger charge is -2.12. The fraction of sp³-hybridized carbons (Fsp3) is 0.250. The number of hydrogen-bond acceptors (Lipinski definition) is 2. The van der Waals surface area contributed by atoms with E-state index >= 15 is 0 Å².